The lowest BCUT2D eigenvalue weighted by atomic mass is 9.94. The van der Waals surface area contributed by atoms with Crippen molar-refractivity contribution < 1.29 is 4.39 Å². The number of hydrogen-bond acceptors (Lipinski definition) is 0. The highest BCUT2D eigenvalue weighted by molar-refractivity contribution is 6.18. The van der Waals surface area contributed by atoms with Crippen molar-refractivity contribution in [2.45, 2.75) is 32.5 Å². The Morgan fingerprint density at radius 3 is 1.50 bits per heavy atom. The minimum atomic E-state index is -0.179. The van der Waals surface area contributed by atoms with Crippen LogP contribution in [0, 0.1) is 26.6 Å². The average Bonchev–Trinajstić information content (AvgIpc) is 2.16. The van der Waals surface area contributed by atoms with Gasteiger partial charge in [-0.1, -0.05) is 0 Å². The third-order valence-corrected chi connectivity index (χ3v) is 3.27. The summed E-state index contributed by atoms with van der Waals surface area (Å²) in [5.41, 5.74) is 4.04. The molecule has 0 unspecified atom stereocenters. The molecule has 0 aliphatic carbocycles. The van der Waals surface area contributed by atoms with Gasteiger partial charge in [0, 0.05) is 11.8 Å². The van der Waals surface area contributed by atoms with Crippen LogP contribution in [0.25, 0.3) is 0 Å². The van der Waals surface area contributed by atoms with Crippen molar-refractivity contribution in [1.29, 1.82) is 0 Å². The molecule has 0 nitrogen and oxygen atoms in total. The zero-order valence-electron chi connectivity index (χ0n) is 8.55. The maximum atomic E-state index is 13.7. The van der Waals surface area contributed by atoms with Crippen LogP contribution in [0.15, 0.2) is 0 Å². The van der Waals surface area contributed by atoms with Crippen LogP contribution in [0.5, 0.6) is 0 Å². The van der Waals surface area contributed by atoms with Gasteiger partial charge in [-0.05, 0) is 48.6 Å². The van der Waals surface area contributed by atoms with E-state index < -0.39 is 0 Å². The quantitative estimate of drug-likeness (QED) is 0.673. The summed E-state index contributed by atoms with van der Waals surface area (Å²) in [7, 11) is 0. The van der Waals surface area contributed by atoms with Crippen LogP contribution < -0.4 is 0 Å². The molecule has 0 saturated carbocycles. The first-order valence-electron chi connectivity index (χ1n) is 4.43. The van der Waals surface area contributed by atoms with E-state index in [1.54, 1.807) is 13.8 Å². The topological polar surface area (TPSA) is 0 Å². The van der Waals surface area contributed by atoms with Gasteiger partial charge >= 0.3 is 0 Å². The van der Waals surface area contributed by atoms with Gasteiger partial charge in [-0.3, -0.25) is 0 Å². The van der Waals surface area contributed by atoms with E-state index in [4.69, 9.17) is 23.2 Å². The van der Waals surface area contributed by atoms with Gasteiger partial charge in [-0.25, -0.2) is 4.39 Å². The monoisotopic (exact) mass is 234 g/mol. The van der Waals surface area contributed by atoms with Crippen molar-refractivity contribution in [2.75, 3.05) is 0 Å². The van der Waals surface area contributed by atoms with Gasteiger partial charge in [0.2, 0.25) is 0 Å². The Morgan fingerprint density at radius 2 is 1.21 bits per heavy atom. The van der Waals surface area contributed by atoms with E-state index in [2.05, 4.69) is 0 Å². The maximum absolute atomic E-state index is 13.7. The summed E-state index contributed by atoms with van der Waals surface area (Å²) >= 11 is 11.6. The first-order chi connectivity index (χ1) is 6.54. The molecule has 0 heterocycles. The van der Waals surface area contributed by atoms with E-state index >= 15 is 0 Å². The molecule has 0 bridgehead atoms. The van der Waals surface area contributed by atoms with Gasteiger partial charge < -0.3 is 0 Å². The predicted octanol–water partition coefficient (Wildman–Crippen LogP) is 4.23. The maximum Gasteiger partial charge on any atom is 0.129 e. The van der Waals surface area contributed by atoms with Gasteiger partial charge in [-0.2, -0.15) is 0 Å². The van der Waals surface area contributed by atoms with Crippen LogP contribution in [-0.4, -0.2) is 0 Å². The SMILES string of the molecule is Cc1c(F)c(C)c(CCl)c(C)c1CCl. The Labute approximate surface area is 94.0 Å². The van der Waals surface area contributed by atoms with Crippen molar-refractivity contribution in [3.05, 3.63) is 33.6 Å². The first-order valence-corrected chi connectivity index (χ1v) is 5.50. The molecule has 14 heavy (non-hydrogen) atoms. The fourth-order valence-electron chi connectivity index (χ4n) is 1.69. The molecule has 78 valence electrons. The summed E-state index contributed by atoms with van der Waals surface area (Å²) in [5, 5.41) is 0. The van der Waals surface area contributed by atoms with Crippen LogP contribution in [0.2, 0.25) is 0 Å². The standard InChI is InChI=1S/C11H13Cl2F/c1-6-9(4-12)7(2)11(14)8(3)10(6)5-13/h4-5H2,1-3H3. The molecule has 1 aromatic carbocycles. The summed E-state index contributed by atoms with van der Waals surface area (Å²) in [6, 6.07) is 0. The molecule has 0 aromatic heterocycles. The summed E-state index contributed by atoms with van der Waals surface area (Å²) in [6.45, 7) is 5.45. The molecule has 0 atom stereocenters. The zero-order chi connectivity index (χ0) is 10.9. The predicted molar refractivity (Wildman–Crippen MR) is 59.7 cm³/mol. The molecule has 1 rings (SSSR count). The van der Waals surface area contributed by atoms with Crippen molar-refractivity contribution >= 4 is 23.2 Å². The number of hydrogen-bond donors (Lipinski definition) is 0. The van der Waals surface area contributed by atoms with E-state index in [0.29, 0.717) is 22.9 Å². The van der Waals surface area contributed by atoms with Gasteiger partial charge in [0.25, 0.3) is 0 Å². The molecule has 0 aliphatic heterocycles. The minimum Gasteiger partial charge on any atom is -0.206 e. The van der Waals surface area contributed by atoms with Crippen LogP contribution in [0.4, 0.5) is 4.39 Å². The Balaban J connectivity index is 3.56. The van der Waals surface area contributed by atoms with Crippen LogP contribution in [0.3, 0.4) is 0 Å². The second-order valence-corrected chi connectivity index (χ2v) is 3.95. The summed E-state index contributed by atoms with van der Waals surface area (Å²) in [4.78, 5) is 0. The summed E-state index contributed by atoms with van der Waals surface area (Å²) in [5.74, 6) is 0.485. The highest BCUT2D eigenvalue weighted by Gasteiger charge is 2.15. The Morgan fingerprint density at radius 1 is 0.857 bits per heavy atom. The molecule has 3 heteroatoms. The summed E-state index contributed by atoms with van der Waals surface area (Å²) < 4.78 is 13.7. The Hall–Kier alpha value is -0.270. The minimum absolute atomic E-state index is 0.179. The number of benzene rings is 1. The Bertz CT molecular complexity index is 328. The van der Waals surface area contributed by atoms with E-state index in [9.17, 15) is 4.39 Å². The summed E-state index contributed by atoms with van der Waals surface area (Å²) in [6.07, 6.45) is 0. The first kappa shape index (κ1) is 11.8. The smallest absolute Gasteiger partial charge is 0.129 e. The van der Waals surface area contributed by atoms with Crippen molar-refractivity contribution in [1.82, 2.24) is 0 Å². The molecule has 0 aliphatic rings. The van der Waals surface area contributed by atoms with Gasteiger partial charge in [-0.15, -0.1) is 23.2 Å². The lowest BCUT2D eigenvalue weighted by molar-refractivity contribution is 0.604. The third-order valence-electron chi connectivity index (χ3n) is 2.74. The normalized spacial score (nSPS) is 10.7. The van der Waals surface area contributed by atoms with Gasteiger partial charge in [0.1, 0.15) is 5.82 Å². The van der Waals surface area contributed by atoms with Crippen molar-refractivity contribution in [3.63, 3.8) is 0 Å². The molecule has 1 aromatic rings. The van der Waals surface area contributed by atoms with E-state index in [0.717, 1.165) is 16.7 Å². The molecular formula is C11H13Cl2F. The van der Waals surface area contributed by atoms with Crippen molar-refractivity contribution in [3.8, 4) is 0 Å². The number of halogens is 3. The van der Waals surface area contributed by atoms with Crippen LogP contribution in [-0.2, 0) is 11.8 Å². The number of alkyl halides is 2. The van der Waals surface area contributed by atoms with E-state index in [1.165, 1.54) is 0 Å². The third kappa shape index (κ3) is 1.76. The fourth-order valence-corrected chi connectivity index (χ4v) is 2.49. The second kappa shape index (κ2) is 4.50. The molecular weight excluding hydrogens is 222 g/mol. The molecule has 0 N–H and O–H groups in total. The highest BCUT2D eigenvalue weighted by Crippen LogP contribution is 2.28. The lowest BCUT2D eigenvalue weighted by Crippen LogP contribution is -2.03. The average molecular weight is 235 g/mol. The van der Waals surface area contributed by atoms with Gasteiger partial charge in [0.05, 0.1) is 0 Å². The van der Waals surface area contributed by atoms with E-state index in [-0.39, 0.29) is 5.82 Å². The molecule has 0 radical (unpaired) electrons. The van der Waals surface area contributed by atoms with Crippen LogP contribution >= 0.6 is 23.2 Å². The Kier molecular flexibility index (Phi) is 3.79. The van der Waals surface area contributed by atoms with E-state index in [1.807, 2.05) is 6.92 Å². The molecule has 0 amide bonds. The highest BCUT2D eigenvalue weighted by atomic mass is 35.5. The number of rotatable bonds is 2. The molecule has 0 fully saturated rings. The van der Waals surface area contributed by atoms with Gasteiger partial charge in [0.15, 0.2) is 0 Å². The molecule has 0 saturated heterocycles. The lowest BCUT2D eigenvalue weighted by Gasteiger charge is -2.15. The van der Waals surface area contributed by atoms with Crippen molar-refractivity contribution in [2.24, 2.45) is 0 Å². The second-order valence-electron chi connectivity index (χ2n) is 3.41. The largest absolute Gasteiger partial charge is 0.206 e. The molecule has 0 spiro atoms. The fraction of sp³-hybridized carbons (Fsp3) is 0.455. The zero-order valence-corrected chi connectivity index (χ0v) is 10.1. The van der Waals surface area contributed by atoms with Crippen LogP contribution in [0.1, 0.15) is 27.8 Å².